The van der Waals surface area contributed by atoms with E-state index in [4.69, 9.17) is 5.73 Å². The molecule has 0 bridgehead atoms. The second-order valence-corrected chi connectivity index (χ2v) is 5.42. The zero-order valence-electron chi connectivity index (χ0n) is 10.7. The highest BCUT2D eigenvalue weighted by atomic mass is 15.1. The summed E-state index contributed by atoms with van der Waals surface area (Å²) in [5, 5.41) is 0. The first-order chi connectivity index (χ1) is 8.18. The Kier molecular flexibility index (Phi) is 4.13. The summed E-state index contributed by atoms with van der Waals surface area (Å²) in [6.07, 6.45) is 8.10. The molecule has 0 radical (unpaired) electrons. The molecule has 0 aliphatic heterocycles. The zero-order chi connectivity index (χ0) is 12.1. The quantitative estimate of drug-likeness (QED) is 0.866. The summed E-state index contributed by atoms with van der Waals surface area (Å²) in [7, 11) is 2.14. The van der Waals surface area contributed by atoms with Gasteiger partial charge in [0.1, 0.15) is 0 Å². The summed E-state index contributed by atoms with van der Waals surface area (Å²) in [5.41, 5.74) is 7.60. The van der Waals surface area contributed by atoms with Gasteiger partial charge in [0, 0.05) is 24.8 Å². The van der Waals surface area contributed by atoms with Crippen molar-refractivity contribution in [2.24, 2.45) is 5.73 Å². The molecular weight excluding hydrogens is 210 g/mol. The van der Waals surface area contributed by atoms with Crippen LogP contribution in [-0.2, 0) is 6.54 Å². The van der Waals surface area contributed by atoms with Crippen LogP contribution in [0.25, 0.3) is 0 Å². The molecule has 1 aromatic heterocycles. The van der Waals surface area contributed by atoms with E-state index in [0.29, 0.717) is 0 Å². The predicted molar refractivity (Wildman–Crippen MR) is 70.6 cm³/mol. The molecule has 0 saturated heterocycles. The van der Waals surface area contributed by atoms with Crippen LogP contribution in [0.5, 0.6) is 0 Å². The monoisotopic (exact) mass is 233 g/mol. The number of pyridine rings is 1. The molecule has 1 aliphatic rings. The summed E-state index contributed by atoms with van der Waals surface area (Å²) >= 11 is 0. The van der Waals surface area contributed by atoms with Crippen molar-refractivity contribution < 1.29 is 0 Å². The Morgan fingerprint density at radius 3 is 2.71 bits per heavy atom. The molecule has 3 nitrogen and oxygen atoms in total. The number of hydrogen-bond acceptors (Lipinski definition) is 3. The van der Waals surface area contributed by atoms with Gasteiger partial charge in [0.05, 0.1) is 5.69 Å². The first-order valence-corrected chi connectivity index (χ1v) is 6.55. The second-order valence-electron chi connectivity index (χ2n) is 5.42. The van der Waals surface area contributed by atoms with Crippen LogP contribution >= 0.6 is 0 Å². The molecule has 3 heteroatoms. The molecule has 94 valence electrons. The van der Waals surface area contributed by atoms with E-state index >= 15 is 0 Å². The fraction of sp³-hybridized carbons (Fsp3) is 0.643. The molecule has 17 heavy (non-hydrogen) atoms. The van der Waals surface area contributed by atoms with Gasteiger partial charge in [-0.3, -0.25) is 9.88 Å². The first kappa shape index (κ1) is 12.5. The Morgan fingerprint density at radius 2 is 2.06 bits per heavy atom. The van der Waals surface area contributed by atoms with E-state index in [9.17, 15) is 0 Å². The van der Waals surface area contributed by atoms with Gasteiger partial charge in [-0.15, -0.1) is 0 Å². The van der Waals surface area contributed by atoms with Crippen molar-refractivity contribution in [2.45, 2.75) is 44.2 Å². The highest BCUT2D eigenvalue weighted by Crippen LogP contribution is 2.26. The van der Waals surface area contributed by atoms with Crippen LogP contribution in [0.2, 0.25) is 0 Å². The maximum atomic E-state index is 6.45. The Balaban J connectivity index is 1.86. The normalized spacial score (nSPS) is 19.5. The van der Waals surface area contributed by atoms with Gasteiger partial charge in [0.15, 0.2) is 0 Å². The van der Waals surface area contributed by atoms with Gasteiger partial charge < -0.3 is 5.73 Å². The highest BCUT2D eigenvalue weighted by molar-refractivity contribution is 5.03. The van der Waals surface area contributed by atoms with Gasteiger partial charge >= 0.3 is 0 Å². The smallest absolute Gasteiger partial charge is 0.0543 e. The lowest BCUT2D eigenvalue weighted by Crippen LogP contribution is -2.50. The van der Waals surface area contributed by atoms with Crippen LogP contribution < -0.4 is 5.73 Å². The van der Waals surface area contributed by atoms with Crippen LogP contribution in [0.15, 0.2) is 24.4 Å². The summed E-state index contributed by atoms with van der Waals surface area (Å²) in [6.45, 7) is 1.86. The molecular formula is C14H23N3. The number of nitrogens with zero attached hydrogens (tertiary/aromatic N) is 2. The van der Waals surface area contributed by atoms with Crippen LogP contribution in [0, 0.1) is 0 Å². The molecule has 0 unspecified atom stereocenters. The predicted octanol–water partition coefficient (Wildman–Crippen LogP) is 2.17. The van der Waals surface area contributed by atoms with Crippen LogP contribution in [0.3, 0.4) is 0 Å². The number of likely N-dealkylation sites (N-methyl/N-ethyl adjacent to an activating group) is 1. The molecule has 2 N–H and O–H groups in total. The summed E-state index contributed by atoms with van der Waals surface area (Å²) in [4.78, 5) is 6.65. The van der Waals surface area contributed by atoms with Crippen molar-refractivity contribution in [1.29, 1.82) is 0 Å². The maximum absolute atomic E-state index is 6.45. The van der Waals surface area contributed by atoms with Crippen molar-refractivity contribution in [2.75, 3.05) is 13.6 Å². The van der Waals surface area contributed by atoms with Crippen molar-refractivity contribution >= 4 is 0 Å². The molecule has 1 heterocycles. The number of hydrogen-bond donors (Lipinski definition) is 1. The van der Waals surface area contributed by atoms with E-state index in [2.05, 4.69) is 23.0 Å². The van der Waals surface area contributed by atoms with Crippen LogP contribution in [0.4, 0.5) is 0 Å². The van der Waals surface area contributed by atoms with Gasteiger partial charge in [0.25, 0.3) is 0 Å². The third kappa shape index (κ3) is 3.79. The molecule has 1 aliphatic carbocycles. The summed E-state index contributed by atoms with van der Waals surface area (Å²) < 4.78 is 0. The van der Waals surface area contributed by atoms with E-state index in [-0.39, 0.29) is 5.54 Å². The summed E-state index contributed by atoms with van der Waals surface area (Å²) in [6, 6.07) is 6.06. The average Bonchev–Trinajstić information content (AvgIpc) is 2.30. The molecule has 0 amide bonds. The molecule has 1 saturated carbocycles. The minimum atomic E-state index is 0.0295. The second kappa shape index (κ2) is 5.61. The van der Waals surface area contributed by atoms with Gasteiger partial charge in [-0.1, -0.05) is 25.3 Å². The Hall–Kier alpha value is -0.930. The Labute approximate surface area is 104 Å². The topological polar surface area (TPSA) is 42.2 Å². The number of aromatic nitrogens is 1. The van der Waals surface area contributed by atoms with Gasteiger partial charge in [-0.05, 0) is 32.0 Å². The lowest BCUT2D eigenvalue weighted by Gasteiger charge is -2.36. The minimum Gasteiger partial charge on any atom is -0.324 e. The fourth-order valence-corrected chi connectivity index (χ4v) is 2.78. The lowest BCUT2D eigenvalue weighted by atomic mass is 9.82. The number of rotatable bonds is 4. The SMILES string of the molecule is CN(Cc1ccccn1)CC1(N)CCCCC1. The molecule has 1 aromatic rings. The molecule has 0 spiro atoms. The minimum absolute atomic E-state index is 0.0295. The maximum Gasteiger partial charge on any atom is 0.0543 e. The van der Waals surface area contributed by atoms with E-state index in [0.717, 1.165) is 18.8 Å². The van der Waals surface area contributed by atoms with E-state index in [1.54, 1.807) is 0 Å². The molecule has 0 atom stereocenters. The third-order valence-corrected chi connectivity index (χ3v) is 3.59. The fourth-order valence-electron chi connectivity index (χ4n) is 2.78. The Bertz CT molecular complexity index is 331. The van der Waals surface area contributed by atoms with Gasteiger partial charge in [-0.25, -0.2) is 0 Å². The molecule has 2 rings (SSSR count). The standard InChI is InChI=1S/C14H23N3/c1-17(11-13-7-3-6-10-16-13)12-14(15)8-4-2-5-9-14/h3,6-7,10H,2,4-5,8-9,11-12,15H2,1H3. The largest absolute Gasteiger partial charge is 0.324 e. The molecule has 0 aromatic carbocycles. The van der Waals surface area contributed by atoms with E-state index in [1.807, 2.05) is 18.3 Å². The van der Waals surface area contributed by atoms with Crippen LogP contribution in [-0.4, -0.2) is 29.0 Å². The van der Waals surface area contributed by atoms with Crippen molar-refractivity contribution in [3.63, 3.8) is 0 Å². The Morgan fingerprint density at radius 1 is 1.29 bits per heavy atom. The number of nitrogens with two attached hydrogens (primary N) is 1. The first-order valence-electron chi connectivity index (χ1n) is 6.55. The van der Waals surface area contributed by atoms with Crippen molar-refractivity contribution in [3.8, 4) is 0 Å². The summed E-state index contributed by atoms with van der Waals surface area (Å²) in [5.74, 6) is 0. The van der Waals surface area contributed by atoms with E-state index in [1.165, 1.54) is 32.1 Å². The lowest BCUT2D eigenvalue weighted by molar-refractivity contribution is 0.192. The van der Waals surface area contributed by atoms with Gasteiger partial charge in [-0.2, -0.15) is 0 Å². The van der Waals surface area contributed by atoms with Crippen molar-refractivity contribution in [3.05, 3.63) is 30.1 Å². The zero-order valence-corrected chi connectivity index (χ0v) is 10.7. The van der Waals surface area contributed by atoms with E-state index < -0.39 is 0 Å². The molecule has 1 fully saturated rings. The van der Waals surface area contributed by atoms with Crippen LogP contribution in [0.1, 0.15) is 37.8 Å². The average molecular weight is 233 g/mol. The van der Waals surface area contributed by atoms with Gasteiger partial charge in [0.2, 0.25) is 0 Å². The van der Waals surface area contributed by atoms with Crippen molar-refractivity contribution in [1.82, 2.24) is 9.88 Å². The third-order valence-electron chi connectivity index (χ3n) is 3.59. The highest BCUT2D eigenvalue weighted by Gasteiger charge is 2.28.